The van der Waals surface area contributed by atoms with Crippen LogP contribution in [0, 0.1) is 19.7 Å². The lowest BCUT2D eigenvalue weighted by molar-refractivity contribution is -0.116. The van der Waals surface area contributed by atoms with E-state index < -0.39 is 0 Å². The van der Waals surface area contributed by atoms with Crippen molar-refractivity contribution in [3.05, 3.63) is 59.4 Å². The van der Waals surface area contributed by atoms with Gasteiger partial charge in [-0.3, -0.25) is 4.79 Å². The minimum atomic E-state index is -0.283. The molecule has 0 atom stereocenters. The van der Waals surface area contributed by atoms with Crippen LogP contribution in [0.3, 0.4) is 0 Å². The summed E-state index contributed by atoms with van der Waals surface area (Å²) in [5, 5.41) is 6.25. The van der Waals surface area contributed by atoms with E-state index in [4.69, 9.17) is 0 Å². The predicted octanol–water partition coefficient (Wildman–Crippen LogP) is 5.44. The Kier molecular flexibility index (Phi) is 7.45. The maximum atomic E-state index is 13.0. The molecule has 0 unspecified atom stereocenters. The molecule has 1 amide bonds. The number of nitrogens with one attached hydrogen (secondary N) is 2. The van der Waals surface area contributed by atoms with Crippen LogP contribution in [0.1, 0.15) is 43.2 Å². The van der Waals surface area contributed by atoms with Gasteiger partial charge in [0, 0.05) is 24.3 Å². The van der Waals surface area contributed by atoms with Gasteiger partial charge in [-0.1, -0.05) is 30.5 Å². The number of carbonyl (C=O) groups is 1. The van der Waals surface area contributed by atoms with Crippen LogP contribution in [0.2, 0.25) is 0 Å². The quantitative estimate of drug-likeness (QED) is 0.595. The summed E-state index contributed by atoms with van der Waals surface area (Å²) in [5.41, 5.74) is 3.85. The number of carbonyl (C=O) groups excluding carboxylic acids is 1. The molecule has 25 heavy (non-hydrogen) atoms. The SMILES string of the molecule is Cc1ccc(NCCCCCCC(=O)Nc2ccc(F)cc2C)cc1. The summed E-state index contributed by atoms with van der Waals surface area (Å²) in [6, 6.07) is 12.8. The van der Waals surface area contributed by atoms with Crippen molar-refractivity contribution in [3.63, 3.8) is 0 Å². The zero-order valence-electron chi connectivity index (χ0n) is 15.1. The third-order valence-corrected chi connectivity index (χ3v) is 4.17. The monoisotopic (exact) mass is 342 g/mol. The van der Waals surface area contributed by atoms with E-state index in [1.807, 2.05) is 0 Å². The van der Waals surface area contributed by atoms with E-state index in [2.05, 4.69) is 41.8 Å². The van der Waals surface area contributed by atoms with E-state index in [9.17, 15) is 9.18 Å². The van der Waals surface area contributed by atoms with Crippen LogP contribution in [0.5, 0.6) is 0 Å². The molecule has 2 rings (SSSR count). The molecule has 0 saturated carbocycles. The van der Waals surface area contributed by atoms with E-state index in [-0.39, 0.29) is 11.7 Å². The number of rotatable bonds is 9. The number of anilines is 2. The van der Waals surface area contributed by atoms with Crippen LogP contribution in [-0.4, -0.2) is 12.5 Å². The van der Waals surface area contributed by atoms with E-state index in [1.165, 1.54) is 17.7 Å². The largest absolute Gasteiger partial charge is 0.385 e. The van der Waals surface area contributed by atoms with Gasteiger partial charge in [-0.25, -0.2) is 4.39 Å². The summed E-state index contributed by atoms with van der Waals surface area (Å²) in [6.45, 7) is 4.82. The summed E-state index contributed by atoms with van der Waals surface area (Å²) in [7, 11) is 0. The topological polar surface area (TPSA) is 41.1 Å². The number of aryl methyl sites for hydroxylation is 2. The van der Waals surface area contributed by atoms with Crippen molar-refractivity contribution in [3.8, 4) is 0 Å². The van der Waals surface area contributed by atoms with Crippen molar-refractivity contribution >= 4 is 17.3 Å². The second kappa shape index (κ2) is 9.82. The number of hydrogen-bond donors (Lipinski definition) is 2. The van der Waals surface area contributed by atoms with E-state index in [1.54, 1.807) is 13.0 Å². The lowest BCUT2D eigenvalue weighted by atomic mass is 10.1. The molecule has 134 valence electrons. The molecule has 2 aromatic rings. The number of unbranched alkanes of at least 4 members (excludes halogenated alkanes) is 3. The highest BCUT2D eigenvalue weighted by atomic mass is 19.1. The summed E-state index contributed by atoms with van der Waals surface area (Å²) < 4.78 is 13.0. The van der Waals surface area contributed by atoms with Crippen LogP contribution in [0.15, 0.2) is 42.5 Å². The maximum Gasteiger partial charge on any atom is 0.224 e. The van der Waals surface area contributed by atoms with Gasteiger partial charge in [0.15, 0.2) is 0 Å². The fraction of sp³-hybridized carbons (Fsp3) is 0.381. The van der Waals surface area contributed by atoms with Gasteiger partial charge >= 0.3 is 0 Å². The van der Waals surface area contributed by atoms with Crippen molar-refractivity contribution in [2.75, 3.05) is 17.2 Å². The fourth-order valence-electron chi connectivity index (χ4n) is 2.65. The Bertz CT molecular complexity index is 683. The first-order chi connectivity index (χ1) is 12.0. The third-order valence-electron chi connectivity index (χ3n) is 4.17. The number of halogens is 1. The van der Waals surface area contributed by atoms with Crippen molar-refractivity contribution in [1.82, 2.24) is 0 Å². The average molecular weight is 342 g/mol. The first-order valence-corrected chi connectivity index (χ1v) is 8.91. The second-order valence-electron chi connectivity index (χ2n) is 6.46. The summed E-state index contributed by atoms with van der Waals surface area (Å²) in [5.74, 6) is -0.290. The molecular formula is C21H27FN2O. The summed E-state index contributed by atoms with van der Waals surface area (Å²) in [4.78, 5) is 11.9. The van der Waals surface area contributed by atoms with Crippen molar-refractivity contribution < 1.29 is 9.18 Å². The average Bonchev–Trinajstić information content (AvgIpc) is 2.58. The van der Waals surface area contributed by atoms with Crippen LogP contribution in [0.25, 0.3) is 0 Å². The highest BCUT2D eigenvalue weighted by Gasteiger charge is 2.05. The number of benzene rings is 2. The molecule has 0 saturated heterocycles. The minimum absolute atomic E-state index is 0.00696. The Labute approximate surface area is 149 Å². The Morgan fingerprint density at radius 2 is 1.68 bits per heavy atom. The Morgan fingerprint density at radius 3 is 2.40 bits per heavy atom. The molecule has 0 aromatic heterocycles. The Morgan fingerprint density at radius 1 is 0.960 bits per heavy atom. The normalized spacial score (nSPS) is 10.5. The van der Waals surface area contributed by atoms with Crippen molar-refractivity contribution in [1.29, 1.82) is 0 Å². The zero-order chi connectivity index (χ0) is 18.1. The molecule has 0 fully saturated rings. The van der Waals surface area contributed by atoms with E-state index in [0.717, 1.165) is 43.5 Å². The summed E-state index contributed by atoms with van der Waals surface area (Å²) >= 11 is 0. The molecule has 0 radical (unpaired) electrons. The van der Waals surface area contributed by atoms with Crippen molar-refractivity contribution in [2.24, 2.45) is 0 Å². The maximum absolute atomic E-state index is 13.0. The number of hydrogen-bond acceptors (Lipinski definition) is 2. The lowest BCUT2D eigenvalue weighted by Crippen LogP contribution is -2.12. The molecule has 4 heteroatoms. The van der Waals surface area contributed by atoms with Crippen LogP contribution < -0.4 is 10.6 Å². The van der Waals surface area contributed by atoms with Gasteiger partial charge in [0.2, 0.25) is 5.91 Å². The molecular weight excluding hydrogens is 315 g/mol. The summed E-state index contributed by atoms with van der Waals surface area (Å²) in [6.07, 6.45) is 4.60. The number of amides is 1. The smallest absolute Gasteiger partial charge is 0.224 e. The predicted molar refractivity (Wildman–Crippen MR) is 103 cm³/mol. The Balaban J connectivity index is 1.55. The first kappa shape index (κ1) is 19.0. The molecule has 0 bridgehead atoms. The van der Waals surface area contributed by atoms with Gasteiger partial charge in [-0.15, -0.1) is 0 Å². The van der Waals surface area contributed by atoms with E-state index >= 15 is 0 Å². The molecule has 0 aliphatic carbocycles. The molecule has 0 spiro atoms. The molecule has 3 nitrogen and oxygen atoms in total. The molecule has 2 N–H and O–H groups in total. The first-order valence-electron chi connectivity index (χ1n) is 8.91. The fourth-order valence-corrected chi connectivity index (χ4v) is 2.65. The van der Waals surface area contributed by atoms with Crippen LogP contribution in [-0.2, 0) is 4.79 Å². The van der Waals surface area contributed by atoms with Gasteiger partial charge < -0.3 is 10.6 Å². The van der Waals surface area contributed by atoms with Gasteiger partial charge in [-0.2, -0.15) is 0 Å². The molecule has 0 heterocycles. The lowest BCUT2D eigenvalue weighted by Gasteiger charge is -2.09. The van der Waals surface area contributed by atoms with Gasteiger partial charge in [-0.05, 0) is 62.6 Å². The molecule has 0 aliphatic heterocycles. The van der Waals surface area contributed by atoms with Gasteiger partial charge in [0.1, 0.15) is 5.82 Å². The van der Waals surface area contributed by atoms with E-state index in [0.29, 0.717) is 12.1 Å². The van der Waals surface area contributed by atoms with Gasteiger partial charge in [0.05, 0.1) is 0 Å². The standard InChI is InChI=1S/C21H27FN2O/c1-16-8-11-19(12-9-16)23-14-6-4-3-5-7-21(25)24-20-13-10-18(22)15-17(20)2/h8-13,15,23H,3-7,14H2,1-2H3,(H,24,25). The van der Waals surface area contributed by atoms with Crippen LogP contribution >= 0.6 is 0 Å². The Hall–Kier alpha value is -2.36. The zero-order valence-corrected chi connectivity index (χ0v) is 15.1. The van der Waals surface area contributed by atoms with Gasteiger partial charge in [0.25, 0.3) is 0 Å². The van der Waals surface area contributed by atoms with Crippen LogP contribution in [0.4, 0.5) is 15.8 Å². The minimum Gasteiger partial charge on any atom is -0.385 e. The molecule has 2 aromatic carbocycles. The molecule has 0 aliphatic rings. The highest BCUT2D eigenvalue weighted by Crippen LogP contribution is 2.16. The van der Waals surface area contributed by atoms with Crippen molar-refractivity contribution in [2.45, 2.75) is 46.0 Å². The highest BCUT2D eigenvalue weighted by molar-refractivity contribution is 5.91. The third kappa shape index (κ3) is 6.96. The second-order valence-corrected chi connectivity index (χ2v) is 6.46.